The molecule has 0 aromatic rings. The van der Waals surface area contributed by atoms with Gasteiger partial charge >= 0.3 is 0 Å². The molecule has 0 saturated carbocycles. The third kappa shape index (κ3) is 2.28. The molecular formula is C14H21N. The van der Waals surface area contributed by atoms with Gasteiger partial charge in [-0.1, -0.05) is 45.6 Å². The molecule has 3 unspecified atom stereocenters. The van der Waals surface area contributed by atoms with Crippen molar-refractivity contribution in [3.8, 4) is 0 Å². The molecule has 0 spiro atoms. The van der Waals surface area contributed by atoms with Gasteiger partial charge in [0.1, 0.15) is 0 Å². The summed E-state index contributed by atoms with van der Waals surface area (Å²) in [4.78, 5) is 0. The zero-order chi connectivity index (χ0) is 11.6. The Morgan fingerprint density at radius 1 is 1.33 bits per heavy atom. The normalized spacial score (nSPS) is 31.9. The van der Waals surface area contributed by atoms with Crippen molar-refractivity contribution in [1.82, 2.24) is 0 Å². The minimum absolute atomic E-state index is 0.258. The standard InChI is InChI=1S/C14H21N/c1-6-7-9(2)13-8-10(3)14(15)12(5)11(13)4/h6-8,10-12,15H,2H2,1,3-5H3. The van der Waals surface area contributed by atoms with Crippen molar-refractivity contribution >= 4 is 5.71 Å². The van der Waals surface area contributed by atoms with E-state index in [-0.39, 0.29) is 5.92 Å². The first-order chi connectivity index (χ1) is 6.99. The van der Waals surface area contributed by atoms with E-state index in [1.807, 2.05) is 13.0 Å². The van der Waals surface area contributed by atoms with Gasteiger partial charge in [-0.05, 0) is 24.0 Å². The van der Waals surface area contributed by atoms with E-state index >= 15 is 0 Å². The van der Waals surface area contributed by atoms with Crippen LogP contribution in [0, 0.1) is 23.2 Å². The Morgan fingerprint density at radius 3 is 2.47 bits per heavy atom. The second-order valence-electron chi connectivity index (χ2n) is 4.47. The highest BCUT2D eigenvalue weighted by Crippen LogP contribution is 2.34. The Hall–Kier alpha value is -1.11. The fourth-order valence-corrected chi connectivity index (χ4v) is 2.16. The van der Waals surface area contributed by atoms with Gasteiger partial charge in [-0.3, -0.25) is 0 Å². The van der Waals surface area contributed by atoms with Crippen LogP contribution in [-0.2, 0) is 0 Å². The molecule has 1 rings (SSSR count). The summed E-state index contributed by atoms with van der Waals surface area (Å²) in [6.45, 7) is 12.5. The van der Waals surface area contributed by atoms with Gasteiger partial charge in [0.25, 0.3) is 0 Å². The molecule has 3 atom stereocenters. The van der Waals surface area contributed by atoms with Gasteiger partial charge in [-0.15, -0.1) is 0 Å². The van der Waals surface area contributed by atoms with Gasteiger partial charge in [0.2, 0.25) is 0 Å². The molecule has 0 amide bonds. The third-order valence-corrected chi connectivity index (χ3v) is 3.39. The highest BCUT2D eigenvalue weighted by atomic mass is 14.5. The number of rotatable bonds is 2. The summed E-state index contributed by atoms with van der Waals surface area (Å²) in [5, 5.41) is 7.97. The van der Waals surface area contributed by atoms with Crippen LogP contribution < -0.4 is 0 Å². The largest absolute Gasteiger partial charge is 0.309 e. The van der Waals surface area contributed by atoms with Gasteiger partial charge in [0, 0.05) is 17.5 Å². The molecular weight excluding hydrogens is 182 g/mol. The fourth-order valence-electron chi connectivity index (χ4n) is 2.16. The van der Waals surface area contributed by atoms with E-state index in [4.69, 9.17) is 5.41 Å². The van der Waals surface area contributed by atoms with Crippen LogP contribution in [0.3, 0.4) is 0 Å². The SMILES string of the molecule is C=C(C=CC)C1=CC(C)C(=N)C(C)C1C. The molecule has 0 aliphatic heterocycles. The van der Waals surface area contributed by atoms with Gasteiger partial charge in [0.15, 0.2) is 0 Å². The fraction of sp³-hybridized carbons (Fsp3) is 0.500. The molecule has 1 nitrogen and oxygen atoms in total. The minimum Gasteiger partial charge on any atom is -0.309 e. The van der Waals surface area contributed by atoms with Crippen LogP contribution in [0.2, 0.25) is 0 Å². The maximum absolute atomic E-state index is 7.97. The Labute approximate surface area is 93.1 Å². The number of nitrogens with one attached hydrogen (secondary N) is 1. The summed E-state index contributed by atoms with van der Waals surface area (Å²) in [6, 6.07) is 0. The van der Waals surface area contributed by atoms with Crippen LogP contribution in [0.25, 0.3) is 0 Å². The second-order valence-corrected chi connectivity index (χ2v) is 4.47. The Bertz CT molecular complexity index is 333. The number of allylic oxidation sites excluding steroid dienone is 5. The molecule has 1 aliphatic carbocycles. The topological polar surface area (TPSA) is 23.9 Å². The average Bonchev–Trinajstić information content (AvgIpc) is 2.20. The van der Waals surface area contributed by atoms with E-state index in [0.29, 0.717) is 11.8 Å². The second kappa shape index (κ2) is 4.61. The van der Waals surface area contributed by atoms with Crippen LogP contribution in [-0.4, -0.2) is 5.71 Å². The summed E-state index contributed by atoms with van der Waals surface area (Å²) in [7, 11) is 0. The molecule has 82 valence electrons. The van der Waals surface area contributed by atoms with Crippen molar-refractivity contribution in [1.29, 1.82) is 5.41 Å². The summed E-state index contributed by atoms with van der Waals surface area (Å²) >= 11 is 0. The predicted octanol–water partition coefficient (Wildman–Crippen LogP) is 3.99. The average molecular weight is 203 g/mol. The highest BCUT2D eigenvalue weighted by Gasteiger charge is 2.28. The maximum Gasteiger partial charge on any atom is 0.0189 e. The number of hydrogen-bond donors (Lipinski definition) is 1. The summed E-state index contributed by atoms with van der Waals surface area (Å²) in [6.07, 6.45) is 6.26. The van der Waals surface area contributed by atoms with Crippen LogP contribution in [0.1, 0.15) is 27.7 Å². The molecule has 0 aromatic carbocycles. The van der Waals surface area contributed by atoms with E-state index in [1.165, 1.54) is 5.57 Å². The first-order valence-corrected chi connectivity index (χ1v) is 5.61. The van der Waals surface area contributed by atoms with E-state index in [2.05, 4.69) is 39.5 Å². The predicted molar refractivity (Wildman–Crippen MR) is 67.3 cm³/mol. The Balaban J connectivity index is 3.03. The zero-order valence-electron chi connectivity index (χ0n) is 10.2. The monoisotopic (exact) mass is 203 g/mol. The molecule has 1 heteroatoms. The van der Waals surface area contributed by atoms with Crippen molar-refractivity contribution in [3.05, 3.63) is 36.0 Å². The van der Waals surface area contributed by atoms with Crippen LogP contribution >= 0.6 is 0 Å². The lowest BCUT2D eigenvalue weighted by molar-refractivity contribution is 0.525. The van der Waals surface area contributed by atoms with Crippen molar-refractivity contribution in [2.45, 2.75) is 27.7 Å². The molecule has 15 heavy (non-hydrogen) atoms. The first kappa shape index (κ1) is 12.0. The van der Waals surface area contributed by atoms with Crippen molar-refractivity contribution in [3.63, 3.8) is 0 Å². The van der Waals surface area contributed by atoms with Crippen molar-refractivity contribution in [2.24, 2.45) is 17.8 Å². The van der Waals surface area contributed by atoms with Crippen LogP contribution in [0.5, 0.6) is 0 Å². The summed E-state index contributed by atoms with van der Waals surface area (Å²) in [5.74, 6) is 1.01. The lowest BCUT2D eigenvalue weighted by Crippen LogP contribution is -2.29. The first-order valence-electron chi connectivity index (χ1n) is 5.61. The molecule has 0 radical (unpaired) electrons. The van der Waals surface area contributed by atoms with E-state index in [0.717, 1.165) is 11.3 Å². The van der Waals surface area contributed by atoms with Crippen molar-refractivity contribution in [2.75, 3.05) is 0 Å². The zero-order valence-corrected chi connectivity index (χ0v) is 10.2. The third-order valence-electron chi connectivity index (χ3n) is 3.39. The van der Waals surface area contributed by atoms with Gasteiger partial charge < -0.3 is 5.41 Å². The summed E-state index contributed by atoms with van der Waals surface area (Å²) < 4.78 is 0. The highest BCUT2D eigenvalue weighted by molar-refractivity contribution is 5.89. The van der Waals surface area contributed by atoms with Gasteiger partial charge in [-0.2, -0.15) is 0 Å². The van der Waals surface area contributed by atoms with E-state index < -0.39 is 0 Å². The molecule has 1 aliphatic rings. The van der Waals surface area contributed by atoms with Crippen LogP contribution in [0.15, 0.2) is 36.0 Å². The van der Waals surface area contributed by atoms with Crippen LogP contribution in [0.4, 0.5) is 0 Å². The lowest BCUT2D eigenvalue weighted by Gasteiger charge is -2.32. The smallest absolute Gasteiger partial charge is 0.0189 e. The molecule has 0 fully saturated rings. The molecule has 0 aromatic heterocycles. The minimum atomic E-state index is 0.258. The van der Waals surface area contributed by atoms with E-state index in [1.54, 1.807) is 0 Å². The van der Waals surface area contributed by atoms with Gasteiger partial charge in [0.05, 0.1) is 0 Å². The Kier molecular flexibility index (Phi) is 3.67. The molecule has 0 saturated heterocycles. The van der Waals surface area contributed by atoms with Gasteiger partial charge in [-0.25, -0.2) is 0 Å². The van der Waals surface area contributed by atoms with Crippen molar-refractivity contribution < 1.29 is 0 Å². The molecule has 0 heterocycles. The molecule has 1 N–H and O–H groups in total. The Morgan fingerprint density at radius 2 is 1.93 bits per heavy atom. The maximum atomic E-state index is 7.97. The summed E-state index contributed by atoms with van der Waals surface area (Å²) in [5.41, 5.74) is 3.25. The lowest BCUT2D eigenvalue weighted by atomic mass is 9.73. The quantitative estimate of drug-likeness (QED) is 0.656. The molecule has 0 bridgehead atoms. The van der Waals surface area contributed by atoms with E-state index in [9.17, 15) is 0 Å². The number of hydrogen-bond acceptors (Lipinski definition) is 1.